The van der Waals surface area contributed by atoms with E-state index in [-0.39, 0.29) is 16.9 Å². The monoisotopic (exact) mass is 458 g/mol. The van der Waals surface area contributed by atoms with Crippen LogP contribution in [0.3, 0.4) is 0 Å². The van der Waals surface area contributed by atoms with E-state index >= 15 is 0 Å². The van der Waals surface area contributed by atoms with E-state index in [9.17, 15) is 9.18 Å². The summed E-state index contributed by atoms with van der Waals surface area (Å²) in [6, 6.07) is 15.1. The molecule has 162 valence electrons. The Labute approximate surface area is 192 Å². The van der Waals surface area contributed by atoms with Gasteiger partial charge in [0.15, 0.2) is 5.65 Å². The number of benzene rings is 1. The second-order valence-corrected chi connectivity index (χ2v) is 7.71. The molecule has 0 radical (unpaired) electrons. The molecule has 1 amide bonds. The number of aryl methyl sites for hydroxylation is 1. The summed E-state index contributed by atoms with van der Waals surface area (Å²) in [7, 11) is 0. The Hall–Kier alpha value is -4.17. The molecule has 1 aromatic carbocycles. The lowest BCUT2D eigenvalue weighted by Crippen LogP contribution is -2.13. The van der Waals surface area contributed by atoms with Crippen LogP contribution in [0, 0.1) is 12.7 Å². The lowest BCUT2D eigenvalue weighted by molar-refractivity contribution is 0.102. The van der Waals surface area contributed by atoms with Crippen molar-refractivity contribution in [1.82, 2.24) is 24.6 Å². The fourth-order valence-corrected chi connectivity index (χ4v) is 3.69. The Bertz CT molecular complexity index is 1520. The first kappa shape index (κ1) is 20.7. The zero-order valence-electron chi connectivity index (χ0n) is 17.3. The van der Waals surface area contributed by atoms with E-state index in [0.717, 1.165) is 11.1 Å². The van der Waals surface area contributed by atoms with E-state index in [2.05, 4.69) is 20.4 Å². The number of carbonyl (C=O) groups excluding carboxylic acids is 1. The topological polar surface area (TPSA) is 85.1 Å². The van der Waals surface area contributed by atoms with Gasteiger partial charge in [-0.3, -0.25) is 4.79 Å². The van der Waals surface area contributed by atoms with Gasteiger partial charge in [0.05, 0.1) is 5.69 Å². The van der Waals surface area contributed by atoms with Crippen LogP contribution in [-0.4, -0.2) is 30.5 Å². The molecule has 4 aromatic heterocycles. The average molecular weight is 459 g/mol. The number of imidazole rings is 1. The normalized spacial score (nSPS) is 11.0. The third kappa shape index (κ3) is 4.04. The van der Waals surface area contributed by atoms with E-state index in [4.69, 9.17) is 16.6 Å². The molecule has 33 heavy (non-hydrogen) atoms. The Morgan fingerprint density at radius 2 is 1.85 bits per heavy atom. The van der Waals surface area contributed by atoms with Gasteiger partial charge in [-0.1, -0.05) is 11.6 Å². The predicted octanol–water partition coefficient (Wildman–Crippen LogP) is 5.21. The zero-order chi connectivity index (χ0) is 22.9. The first-order valence-electron chi connectivity index (χ1n) is 9.99. The fourth-order valence-electron chi connectivity index (χ4n) is 3.52. The van der Waals surface area contributed by atoms with Gasteiger partial charge in [-0.05, 0) is 67.1 Å². The highest BCUT2D eigenvalue weighted by atomic mass is 35.5. The molecule has 7 nitrogen and oxygen atoms in total. The van der Waals surface area contributed by atoms with Crippen molar-refractivity contribution < 1.29 is 9.18 Å². The molecule has 0 saturated heterocycles. The number of hydrogen-bond donors (Lipinski definition) is 1. The Morgan fingerprint density at radius 1 is 1.00 bits per heavy atom. The maximum Gasteiger partial charge on any atom is 0.256 e. The first-order valence-corrected chi connectivity index (χ1v) is 10.4. The third-order valence-corrected chi connectivity index (χ3v) is 5.29. The minimum atomic E-state index is -0.366. The van der Waals surface area contributed by atoms with Gasteiger partial charge in [-0.25, -0.2) is 23.9 Å². The van der Waals surface area contributed by atoms with Gasteiger partial charge >= 0.3 is 0 Å². The van der Waals surface area contributed by atoms with Crippen molar-refractivity contribution in [2.75, 3.05) is 5.32 Å². The summed E-state index contributed by atoms with van der Waals surface area (Å²) in [5.41, 5.74) is 4.34. The number of anilines is 1. The standard InChI is InChI=1S/C24H16ClFN6O/c1-14-11-15(4-5-18(14)26)22-23(32-21(31-22)3-2-8-29-32)16-6-10-28-20(13-16)30-24(33)17-7-9-27-19(25)12-17/h2-13H,1H3,(H,28,30,33). The van der Waals surface area contributed by atoms with E-state index in [0.29, 0.717) is 34.0 Å². The van der Waals surface area contributed by atoms with Gasteiger partial charge < -0.3 is 5.32 Å². The number of nitrogens with zero attached hydrogens (tertiary/aromatic N) is 5. The summed E-state index contributed by atoms with van der Waals surface area (Å²) in [4.78, 5) is 25.5. The van der Waals surface area contributed by atoms with Crippen molar-refractivity contribution in [1.29, 1.82) is 0 Å². The quantitative estimate of drug-likeness (QED) is 0.374. The SMILES string of the molecule is Cc1cc(-c2nc3cccnn3c2-c2ccnc(NC(=O)c3ccnc(Cl)c3)c2)ccc1F. The summed E-state index contributed by atoms with van der Waals surface area (Å²) < 4.78 is 15.6. The molecule has 0 aliphatic rings. The molecule has 0 unspecified atom stereocenters. The smallest absolute Gasteiger partial charge is 0.256 e. The molecule has 0 saturated carbocycles. The first-order chi connectivity index (χ1) is 16.0. The summed E-state index contributed by atoms with van der Waals surface area (Å²) in [5, 5.41) is 7.44. The third-order valence-electron chi connectivity index (χ3n) is 5.09. The molecule has 1 N–H and O–H groups in total. The number of pyridine rings is 2. The number of rotatable bonds is 4. The van der Waals surface area contributed by atoms with E-state index in [1.807, 2.05) is 6.07 Å². The van der Waals surface area contributed by atoms with E-state index in [1.54, 1.807) is 60.2 Å². The lowest BCUT2D eigenvalue weighted by atomic mass is 10.0. The number of hydrogen-bond acceptors (Lipinski definition) is 5. The van der Waals surface area contributed by atoms with Gasteiger partial charge in [-0.15, -0.1) is 0 Å². The number of amides is 1. The molecule has 0 fully saturated rings. The zero-order valence-corrected chi connectivity index (χ0v) is 18.1. The highest BCUT2D eigenvalue weighted by molar-refractivity contribution is 6.29. The minimum absolute atomic E-state index is 0.223. The second kappa shape index (κ2) is 8.40. The van der Waals surface area contributed by atoms with Crippen LogP contribution in [0.1, 0.15) is 15.9 Å². The van der Waals surface area contributed by atoms with Crippen LogP contribution in [-0.2, 0) is 0 Å². The molecule has 9 heteroatoms. The Balaban J connectivity index is 1.59. The molecule has 0 aliphatic carbocycles. The van der Waals surface area contributed by atoms with Crippen molar-refractivity contribution in [3.63, 3.8) is 0 Å². The van der Waals surface area contributed by atoms with Crippen LogP contribution in [0.15, 0.2) is 73.2 Å². The van der Waals surface area contributed by atoms with Gasteiger partial charge in [0.1, 0.15) is 22.5 Å². The minimum Gasteiger partial charge on any atom is -0.307 e. The van der Waals surface area contributed by atoms with Gasteiger partial charge in [0.25, 0.3) is 5.91 Å². The van der Waals surface area contributed by atoms with E-state index < -0.39 is 0 Å². The maximum atomic E-state index is 13.9. The van der Waals surface area contributed by atoms with Crippen LogP contribution >= 0.6 is 11.6 Å². The molecule has 4 heterocycles. The fraction of sp³-hybridized carbons (Fsp3) is 0.0417. The van der Waals surface area contributed by atoms with Crippen LogP contribution in [0.5, 0.6) is 0 Å². The molecular formula is C24H16ClFN6O. The van der Waals surface area contributed by atoms with Crippen molar-refractivity contribution in [3.8, 4) is 22.5 Å². The molecule has 0 bridgehead atoms. The summed E-state index contributed by atoms with van der Waals surface area (Å²) >= 11 is 5.89. The summed E-state index contributed by atoms with van der Waals surface area (Å²) in [5.74, 6) is -0.306. The molecule has 0 aliphatic heterocycles. The van der Waals surface area contributed by atoms with Gasteiger partial charge in [-0.2, -0.15) is 5.10 Å². The molecular weight excluding hydrogens is 443 g/mol. The second-order valence-electron chi connectivity index (χ2n) is 7.32. The maximum absolute atomic E-state index is 13.9. The van der Waals surface area contributed by atoms with Gasteiger partial charge in [0, 0.05) is 35.3 Å². The van der Waals surface area contributed by atoms with Crippen LogP contribution in [0.2, 0.25) is 5.15 Å². The number of aromatic nitrogens is 5. The van der Waals surface area contributed by atoms with Crippen LogP contribution < -0.4 is 5.32 Å². The van der Waals surface area contributed by atoms with E-state index in [1.165, 1.54) is 18.3 Å². The molecule has 5 rings (SSSR count). The number of nitrogens with one attached hydrogen (secondary N) is 1. The number of halogens is 2. The molecule has 0 atom stereocenters. The van der Waals surface area contributed by atoms with Crippen LogP contribution in [0.4, 0.5) is 10.2 Å². The number of fused-ring (bicyclic) bond motifs is 1. The molecule has 0 spiro atoms. The lowest BCUT2D eigenvalue weighted by Gasteiger charge is -2.09. The Kier molecular flexibility index (Phi) is 5.27. The average Bonchev–Trinajstić information content (AvgIpc) is 3.21. The van der Waals surface area contributed by atoms with Crippen LogP contribution in [0.25, 0.3) is 28.2 Å². The van der Waals surface area contributed by atoms with Crippen molar-refractivity contribution in [2.45, 2.75) is 6.92 Å². The van der Waals surface area contributed by atoms with Gasteiger partial charge in [0.2, 0.25) is 0 Å². The summed E-state index contributed by atoms with van der Waals surface area (Å²) in [6.45, 7) is 1.71. The van der Waals surface area contributed by atoms with Crippen molar-refractivity contribution in [2.24, 2.45) is 0 Å². The molecule has 5 aromatic rings. The highest BCUT2D eigenvalue weighted by Crippen LogP contribution is 2.33. The predicted molar refractivity (Wildman–Crippen MR) is 124 cm³/mol. The largest absolute Gasteiger partial charge is 0.307 e. The Morgan fingerprint density at radius 3 is 2.67 bits per heavy atom. The highest BCUT2D eigenvalue weighted by Gasteiger charge is 2.18. The van der Waals surface area contributed by atoms with Crippen molar-refractivity contribution in [3.05, 3.63) is 95.3 Å². The number of carbonyl (C=O) groups is 1. The van der Waals surface area contributed by atoms with Crippen molar-refractivity contribution >= 4 is 29.0 Å². The summed E-state index contributed by atoms with van der Waals surface area (Å²) in [6.07, 6.45) is 4.71.